The second-order valence-electron chi connectivity index (χ2n) is 4.06. The van der Waals surface area contributed by atoms with Gasteiger partial charge in [-0.2, -0.15) is 0 Å². The van der Waals surface area contributed by atoms with E-state index in [2.05, 4.69) is 25.1 Å². The quantitative estimate of drug-likeness (QED) is 0.837. The molecule has 2 nitrogen and oxygen atoms in total. The van der Waals surface area contributed by atoms with Gasteiger partial charge >= 0.3 is 0 Å². The minimum absolute atomic E-state index is 0.185. The summed E-state index contributed by atoms with van der Waals surface area (Å²) in [5.74, 6) is 1.89. The van der Waals surface area contributed by atoms with Crippen LogP contribution >= 0.6 is 11.8 Å². The Balaban J connectivity index is 2.18. The third kappa shape index (κ3) is 2.93. The molecule has 3 heteroatoms. The topological polar surface area (TPSA) is 39.2 Å². The van der Waals surface area contributed by atoms with E-state index >= 15 is 0 Å². The highest BCUT2D eigenvalue weighted by molar-refractivity contribution is 7.99. The van der Waals surface area contributed by atoms with E-state index in [9.17, 15) is 0 Å². The number of benzene rings is 1. The Morgan fingerprint density at radius 3 is 2.53 bits per heavy atom. The molecule has 17 heavy (non-hydrogen) atoms. The van der Waals surface area contributed by atoms with Gasteiger partial charge in [-0.1, -0.05) is 18.2 Å². The zero-order valence-electron chi connectivity index (χ0n) is 10.1. The van der Waals surface area contributed by atoms with Gasteiger partial charge in [0.15, 0.2) is 0 Å². The third-order valence-corrected chi connectivity index (χ3v) is 4.08. The van der Waals surface area contributed by atoms with Gasteiger partial charge in [-0.25, -0.2) is 0 Å². The van der Waals surface area contributed by atoms with Crippen LogP contribution < -0.4 is 5.73 Å². The van der Waals surface area contributed by atoms with Crippen LogP contribution in [0.15, 0.2) is 45.7 Å². The van der Waals surface area contributed by atoms with Crippen molar-refractivity contribution in [2.24, 2.45) is 5.73 Å². The fourth-order valence-corrected chi connectivity index (χ4v) is 2.75. The average molecular weight is 247 g/mol. The molecule has 0 saturated heterocycles. The van der Waals surface area contributed by atoms with Gasteiger partial charge in [0.2, 0.25) is 0 Å². The van der Waals surface area contributed by atoms with E-state index in [0.29, 0.717) is 6.54 Å². The summed E-state index contributed by atoms with van der Waals surface area (Å²) in [4.78, 5) is 1.26. The van der Waals surface area contributed by atoms with E-state index in [1.807, 2.05) is 25.1 Å². The lowest BCUT2D eigenvalue weighted by Gasteiger charge is -2.13. The van der Waals surface area contributed by atoms with E-state index in [0.717, 1.165) is 11.5 Å². The van der Waals surface area contributed by atoms with Crippen LogP contribution in [0.2, 0.25) is 0 Å². The minimum Gasteiger partial charge on any atom is -0.465 e. The first-order chi connectivity index (χ1) is 8.20. The molecule has 2 rings (SSSR count). The summed E-state index contributed by atoms with van der Waals surface area (Å²) in [6.07, 6.45) is 0. The fraction of sp³-hybridized carbons (Fsp3) is 0.286. The molecule has 1 aromatic heterocycles. The van der Waals surface area contributed by atoms with Crippen LogP contribution in [-0.2, 0) is 0 Å². The van der Waals surface area contributed by atoms with E-state index in [4.69, 9.17) is 10.2 Å². The molecule has 1 atom stereocenters. The molecule has 2 N–H and O–H groups in total. The molecule has 0 fully saturated rings. The second-order valence-corrected chi connectivity index (χ2v) is 5.30. The summed E-state index contributed by atoms with van der Waals surface area (Å²) < 4.78 is 5.65. The summed E-state index contributed by atoms with van der Waals surface area (Å²) >= 11 is 1.76. The second kappa shape index (κ2) is 5.43. The van der Waals surface area contributed by atoms with Crippen LogP contribution in [0.25, 0.3) is 0 Å². The Labute approximate surface area is 106 Å². The highest BCUT2D eigenvalue weighted by Gasteiger charge is 2.15. The smallest absolute Gasteiger partial charge is 0.118 e. The van der Waals surface area contributed by atoms with Crippen molar-refractivity contribution >= 4 is 11.8 Å². The number of nitrogens with two attached hydrogens (primary N) is 1. The van der Waals surface area contributed by atoms with E-state index < -0.39 is 0 Å². The molecule has 0 aliphatic heterocycles. The monoisotopic (exact) mass is 247 g/mol. The van der Waals surface area contributed by atoms with Gasteiger partial charge < -0.3 is 10.2 Å². The van der Waals surface area contributed by atoms with Gasteiger partial charge in [0, 0.05) is 11.4 Å². The summed E-state index contributed by atoms with van der Waals surface area (Å²) in [6, 6.07) is 12.3. The molecule has 0 amide bonds. The molecular weight excluding hydrogens is 230 g/mol. The van der Waals surface area contributed by atoms with E-state index in [1.165, 1.54) is 10.5 Å². The maximum atomic E-state index is 5.83. The Kier molecular flexibility index (Phi) is 3.92. The molecule has 0 aliphatic rings. The van der Waals surface area contributed by atoms with Crippen molar-refractivity contribution < 1.29 is 4.42 Å². The number of rotatable bonds is 4. The van der Waals surface area contributed by atoms with Crippen LogP contribution in [0.4, 0.5) is 0 Å². The lowest BCUT2D eigenvalue weighted by atomic mass is 10.2. The summed E-state index contributed by atoms with van der Waals surface area (Å²) in [6.45, 7) is 4.64. The first-order valence-electron chi connectivity index (χ1n) is 5.69. The molecule has 0 spiro atoms. The molecule has 1 aromatic carbocycles. The summed E-state index contributed by atoms with van der Waals surface area (Å²) in [5, 5.41) is 0.185. The number of hydrogen-bond acceptors (Lipinski definition) is 3. The Bertz CT molecular complexity index is 492. The highest BCUT2D eigenvalue weighted by Crippen LogP contribution is 2.36. The predicted octanol–water partition coefficient (Wildman–Crippen LogP) is 3.69. The number of aryl methyl sites for hydroxylation is 2. The first kappa shape index (κ1) is 12.3. The standard InChI is InChI=1S/C14H17NOS/c1-10-5-3-4-6-13(10)17-14(9-15)12-8-7-11(2)16-12/h3-8,14H,9,15H2,1-2H3. The molecule has 0 aliphatic carbocycles. The van der Waals surface area contributed by atoms with Crippen molar-refractivity contribution in [2.45, 2.75) is 24.0 Å². The molecule has 2 aromatic rings. The van der Waals surface area contributed by atoms with Crippen molar-refractivity contribution in [2.75, 3.05) is 6.54 Å². The molecule has 1 unspecified atom stereocenters. The van der Waals surface area contributed by atoms with Crippen molar-refractivity contribution in [3.63, 3.8) is 0 Å². The molecular formula is C14H17NOS. The van der Waals surface area contributed by atoms with Crippen molar-refractivity contribution in [3.8, 4) is 0 Å². The Hall–Kier alpha value is -1.19. The number of furan rings is 1. The predicted molar refractivity (Wildman–Crippen MR) is 72.3 cm³/mol. The van der Waals surface area contributed by atoms with Gasteiger partial charge in [-0.05, 0) is 37.6 Å². The lowest BCUT2D eigenvalue weighted by molar-refractivity contribution is 0.481. The van der Waals surface area contributed by atoms with Crippen LogP contribution in [0, 0.1) is 13.8 Å². The van der Waals surface area contributed by atoms with E-state index in [-0.39, 0.29) is 5.25 Å². The van der Waals surface area contributed by atoms with Gasteiger partial charge in [0.05, 0.1) is 5.25 Å². The van der Waals surface area contributed by atoms with Crippen LogP contribution in [-0.4, -0.2) is 6.54 Å². The minimum atomic E-state index is 0.185. The Morgan fingerprint density at radius 2 is 1.94 bits per heavy atom. The molecule has 0 radical (unpaired) electrons. The molecule has 1 heterocycles. The van der Waals surface area contributed by atoms with Gasteiger partial charge in [0.1, 0.15) is 11.5 Å². The maximum absolute atomic E-state index is 5.83. The van der Waals surface area contributed by atoms with Gasteiger partial charge in [-0.3, -0.25) is 0 Å². The Morgan fingerprint density at radius 1 is 1.18 bits per heavy atom. The molecule has 0 saturated carbocycles. The number of thioether (sulfide) groups is 1. The van der Waals surface area contributed by atoms with Gasteiger partial charge in [-0.15, -0.1) is 11.8 Å². The van der Waals surface area contributed by atoms with Crippen LogP contribution in [0.5, 0.6) is 0 Å². The zero-order valence-corrected chi connectivity index (χ0v) is 11.0. The highest BCUT2D eigenvalue weighted by atomic mass is 32.2. The van der Waals surface area contributed by atoms with Gasteiger partial charge in [0.25, 0.3) is 0 Å². The zero-order chi connectivity index (χ0) is 12.3. The lowest BCUT2D eigenvalue weighted by Crippen LogP contribution is -2.08. The third-order valence-electron chi connectivity index (χ3n) is 2.66. The molecule has 90 valence electrons. The summed E-state index contributed by atoms with van der Waals surface area (Å²) in [5.41, 5.74) is 7.11. The van der Waals surface area contributed by atoms with E-state index in [1.54, 1.807) is 11.8 Å². The van der Waals surface area contributed by atoms with Crippen molar-refractivity contribution in [3.05, 3.63) is 53.5 Å². The van der Waals surface area contributed by atoms with Crippen molar-refractivity contribution in [1.29, 1.82) is 0 Å². The largest absolute Gasteiger partial charge is 0.465 e. The number of hydrogen-bond donors (Lipinski definition) is 1. The summed E-state index contributed by atoms with van der Waals surface area (Å²) in [7, 11) is 0. The van der Waals surface area contributed by atoms with Crippen LogP contribution in [0.1, 0.15) is 22.3 Å². The molecule has 0 bridgehead atoms. The SMILES string of the molecule is Cc1ccc(C(CN)Sc2ccccc2C)o1. The maximum Gasteiger partial charge on any atom is 0.118 e. The van der Waals surface area contributed by atoms with Crippen LogP contribution in [0.3, 0.4) is 0 Å². The fourth-order valence-electron chi connectivity index (χ4n) is 1.69. The first-order valence-corrected chi connectivity index (χ1v) is 6.57. The van der Waals surface area contributed by atoms with Crippen molar-refractivity contribution in [1.82, 2.24) is 0 Å². The normalized spacial score (nSPS) is 12.6. The average Bonchev–Trinajstić information content (AvgIpc) is 2.75.